The molecule has 26 heavy (non-hydrogen) atoms. The van der Waals surface area contributed by atoms with Crippen LogP contribution in [-0.4, -0.2) is 117 Å². The van der Waals surface area contributed by atoms with Crippen LogP contribution in [0.2, 0.25) is 0 Å². The van der Waals surface area contributed by atoms with Gasteiger partial charge in [-0.15, -0.1) is 0 Å². The molecule has 0 radical (unpaired) electrons. The van der Waals surface area contributed by atoms with E-state index in [0.717, 1.165) is 0 Å². The average Bonchev–Trinajstić information content (AvgIpc) is 2.63. The molecule has 1 unspecified atom stereocenters. The van der Waals surface area contributed by atoms with Gasteiger partial charge in [0.1, 0.15) is 36.6 Å². The summed E-state index contributed by atoms with van der Waals surface area (Å²) in [4.78, 5) is 0. The summed E-state index contributed by atoms with van der Waals surface area (Å²) in [5, 5.41) is 64.3. The van der Waals surface area contributed by atoms with E-state index in [4.69, 9.17) is 35.9 Å². The highest BCUT2D eigenvalue weighted by atomic mass is 16.7. The second-order valence-corrected chi connectivity index (χ2v) is 6.15. The van der Waals surface area contributed by atoms with Crippen molar-refractivity contribution >= 4 is 0 Å². The molecule has 2 aliphatic rings. The van der Waals surface area contributed by atoms with Gasteiger partial charge in [0.05, 0.1) is 25.4 Å². The van der Waals surface area contributed by atoms with Gasteiger partial charge in [-0.25, -0.2) is 0 Å². The van der Waals surface area contributed by atoms with Crippen molar-refractivity contribution in [3.63, 3.8) is 0 Å². The summed E-state index contributed by atoms with van der Waals surface area (Å²) < 4.78 is 14.9. The van der Waals surface area contributed by atoms with Gasteiger partial charge in [0, 0.05) is 6.54 Å². The fourth-order valence-electron chi connectivity index (χ4n) is 2.45. The lowest BCUT2D eigenvalue weighted by Crippen LogP contribution is -2.61. The third kappa shape index (κ3) is 5.76. The Balaban J connectivity index is 0.000000263. The third-order valence-electron chi connectivity index (χ3n) is 4.16. The standard InChI is InChI=1S/C8H17NO5.C6H13NO5/c1-4-5(10)6(11)7(12)8(14-4)13-3-2-9;7-3-5(10)4(9)2(1-8)12-6(3)11/h4-8,10-12H,2-3,9H2,1H3;2-6,8-11H,1,7H2/t4-,5+,6+,7-,8-;2-,3-,4-,5-,6?/m01/s1. The van der Waals surface area contributed by atoms with Gasteiger partial charge in [-0.2, -0.15) is 0 Å². The molecule has 0 aromatic heterocycles. The molecule has 2 rings (SSSR count). The molecule has 0 spiro atoms. The molecule has 12 nitrogen and oxygen atoms in total. The van der Waals surface area contributed by atoms with Crippen molar-refractivity contribution in [2.24, 2.45) is 11.5 Å². The van der Waals surface area contributed by atoms with Crippen LogP contribution in [0.15, 0.2) is 0 Å². The van der Waals surface area contributed by atoms with Gasteiger partial charge in [-0.3, -0.25) is 0 Å². The molecular formula is C14H30N2O10. The van der Waals surface area contributed by atoms with Crippen molar-refractivity contribution in [2.75, 3.05) is 19.8 Å². The van der Waals surface area contributed by atoms with E-state index in [9.17, 15) is 25.5 Å². The largest absolute Gasteiger partial charge is 0.394 e. The van der Waals surface area contributed by atoms with Gasteiger partial charge in [0.2, 0.25) is 0 Å². The molecule has 2 fully saturated rings. The van der Waals surface area contributed by atoms with Gasteiger partial charge in [-0.05, 0) is 6.92 Å². The van der Waals surface area contributed by atoms with Gasteiger partial charge >= 0.3 is 0 Å². The summed E-state index contributed by atoms with van der Waals surface area (Å²) in [7, 11) is 0. The van der Waals surface area contributed by atoms with Crippen LogP contribution in [-0.2, 0) is 14.2 Å². The zero-order chi connectivity index (χ0) is 20.0. The second-order valence-electron chi connectivity index (χ2n) is 6.15. The number of hydrogen-bond donors (Lipinski definition) is 9. The van der Waals surface area contributed by atoms with Gasteiger partial charge in [0.25, 0.3) is 0 Å². The SMILES string of the molecule is C[C@@H]1O[C@H](OCCN)[C@@H](O)[C@H](O)[C@@H]1O.N[C@H]1C(O)O[C@H](CO)[C@@H](O)[C@@H]1O. The maximum Gasteiger partial charge on any atom is 0.186 e. The van der Waals surface area contributed by atoms with E-state index in [1.165, 1.54) is 0 Å². The Morgan fingerprint density at radius 3 is 2.04 bits per heavy atom. The lowest BCUT2D eigenvalue weighted by molar-refractivity contribution is -0.292. The summed E-state index contributed by atoms with van der Waals surface area (Å²) in [6, 6.07) is -1.04. The Hall–Kier alpha value is -0.480. The minimum atomic E-state index is -1.35. The zero-order valence-electron chi connectivity index (χ0n) is 14.4. The summed E-state index contributed by atoms with van der Waals surface area (Å²) in [5.41, 5.74) is 10.5. The Morgan fingerprint density at radius 2 is 1.50 bits per heavy atom. The molecule has 2 saturated heterocycles. The van der Waals surface area contributed by atoms with E-state index in [1.54, 1.807) is 6.92 Å². The monoisotopic (exact) mass is 386 g/mol. The van der Waals surface area contributed by atoms with Crippen molar-refractivity contribution in [2.45, 2.75) is 68.3 Å². The number of hydrogen-bond acceptors (Lipinski definition) is 12. The van der Waals surface area contributed by atoms with Crippen LogP contribution in [0.5, 0.6) is 0 Å². The van der Waals surface area contributed by atoms with E-state index in [2.05, 4.69) is 0 Å². The molecule has 0 bridgehead atoms. The van der Waals surface area contributed by atoms with Crippen molar-refractivity contribution < 1.29 is 50.0 Å². The van der Waals surface area contributed by atoms with Crippen LogP contribution < -0.4 is 11.5 Å². The zero-order valence-corrected chi connectivity index (χ0v) is 14.4. The normalized spacial score (nSPS) is 46.4. The van der Waals surface area contributed by atoms with E-state index >= 15 is 0 Å². The molecule has 0 saturated carbocycles. The van der Waals surface area contributed by atoms with Gasteiger partial charge < -0.3 is 61.4 Å². The minimum Gasteiger partial charge on any atom is -0.394 e. The summed E-state index contributed by atoms with van der Waals surface area (Å²) in [5.74, 6) is 0. The fourth-order valence-corrected chi connectivity index (χ4v) is 2.45. The maximum absolute atomic E-state index is 9.45. The summed E-state index contributed by atoms with van der Waals surface area (Å²) >= 11 is 0. The van der Waals surface area contributed by atoms with Crippen LogP contribution in [0.3, 0.4) is 0 Å². The van der Waals surface area contributed by atoms with Crippen molar-refractivity contribution in [3.8, 4) is 0 Å². The number of aliphatic hydroxyl groups is 7. The topological polar surface area (TPSA) is 221 Å². The van der Waals surface area contributed by atoms with Crippen LogP contribution in [0.4, 0.5) is 0 Å². The van der Waals surface area contributed by atoms with E-state index < -0.39 is 68.0 Å². The molecule has 0 aromatic carbocycles. The third-order valence-corrected chi connectivity index (χ3v) is 4.16. The Bertz CT molecular complexity index is 401. The molecule has 10 atom stereocenters. The molecule has 11 N–H and O–H groups in total. The number of ether oxygens (including phenoxy) is 3. The van der Waals surface area contributed by atoms with E-state index in [0.29, 0.717) is 6.54 Å². The van der Waals surface area contributed by atoms with Crippen LogP contribution in [0.25, 0.3) is 0 Å². The van der Waals surface area contributed by atoms with Crippen molar-refractivity contribution in [1.82, 2.24) is 0 Å². The minimum absolute atomic E-state index is 0.233. The molecule has 0 aromatic rings. The first-order chi connectivity index (χ1) is 12.1. The Labute approximate surface area is 150 Å². The van der Waals surface area contributed by atoms with Gasteiger partial charge in [0.15, 0.2) is 12.6 Å². The van der Waals surface area contributed by atoms with Crippen LogP contribution in [0, 0.1) is 0 Å². The number of nitrogens with two attached hydrogens (primary N) is 2. The first-order valence-electron chi connectivity index (χ1n) is 8.23. The average molecular weight is 386 g/mol. The maximum atomic E-state index is 9.45. The van der Waals surface area contributed by atoms with Gasteiger partial charge in [-0.1, -0.05) is 0 Å². The predicted octanol–water partition coefficient (Wildman–Crippen LogP) is -5.47. The van der Waals surface area contributed by atoms with Crippen LogP contribution in [0.1, 0.15) is 6.92 Å². The molecular weight excluding hydrogens is 356 g/mol. The van der Waals surface area contributed by atoms with E-state index in [-0.39, 0.29) is 6.61 Å². The first kappa shape index (κ1) is 23.6. The molecule has 0 amide bonds. The lowest BCUT2D eigenvalue weighted by Gasteiger charge is -2.38. The molecule has 12 heteroatoms. The second kappa shape index (κ2) is 10.8. The highest BCUT2D eigenvalue weighted by Crippen LogP contribution is 2.21. The number of rotatable bonds is 4. The lowest BCUT2D eigenvalue weighted by atomic mass is 9.98. The highest BCUT2D eigenvalue weighted by Gasteiger charge is 2.42. The molecule has 2 heterocycles. The fraction of sp³-hybridized carbons (Fsp3) is 1.00. The summed E-state index contributed by atoms with van der Waals surface area (Å²) in [6.07, 6.45) is -9.94. The van der Waals surface area contributed by atoms with E-state index in [1.807, 2.05) is 0 Å². The van der Waals surface area contributed by atoms with Crippen molar-refractivity contribution in [3.05, 3.63) is 0 Å². The Kier molecular flexibility index (Phi) is 9.74. The quantitative estimate of drug-likeness (QED) is 0.221. The summed E-state index contributed by atoms with van der Waals surface area (Å²) in [6.45, 7) is 1.66. The highest BCUT2D eigenvalue weighted by molar-refractivity contribution is 4.90. The van der Waals surface area contributed by atoms with Crippen LogP contribution >= 0.6 is 0 Å². The first-order valence-corrected chi connectivity index (χ1v) is 8.23. The number of aliphatic hydroxyl groups excluding tert-OH is 7. The predicted molar refractivity (Wildman–Crippen MR) is 85.3 cm³/mol. The molecule has 2 aliphatic heterocycles. The van der Waals surface area contributed by atoms with Crippen molar-refractivity contribution in [1.29, 1.82) is 0 Å². The smallest absolute Gasteiger partial charge is 0.186 e. The molecule has 0 aliphatic carbocycles. The Morgan fingerprint density at radius 1 is 0.885 bits per heavy atom. The molecule has 156 valence electrons.